The van der Waals surface area contributed by atoms with Gasteiger partial charge in [0.15, 0.2) is 0 Å². The fraction of sp³-hybridized carbons (Fsp3) is 0.538. The molecule has 0 aliphatic carbocycles. The minimum atomic E-state index is 0.168. The van der Waals surface area contributed by atoms with Gasteiger partial charge in [-0.15, -0.1) is 0 Å². The molecule has 1 atom stereocenters. The molecule has 96 valence electrons. The molecule has 0 aromatic heterocycles. The average Bonchev–Trinajstić information content (AvgIpc) is 2.31. The molecule has 4 heteroatoms. The molecule has 0 N–H and O–H groups in total. The van der Waals surface area contributed by atoms with Gasteiger partial charge in [0.1, 0.15) is 5.75 Å². The SMILES string of the molecule is CCN(C)CCC(C)Oc1ccc(Cl)c(Cl)c1. The fourth-order valence-electron chi connectivity index (χ4n) is 1.40. The predicted molar refractivity (Wildman–Crippen MR) is 74.3 cm³/mol. The smallest absolute Gasteiger partial charge is 0.121 e. The van der Waals surface area contributed by atoms with Crippen LogP contribution in [0.1, 0.15) is 20.3 Å². The van der Waals surface area contributed by atoms with E-state index in [-0.39, 0.29) is 6.10 Å². The van der Waals surface area contributed by atoms with Gasteiger partial charge in [-0.05, 0) is 39.1 Å². The van der Waals surface area contributed by atoms with Crippen molar-refractivity contribution in [3.8, 4) is 5.75 Å². The van der Waals surface area contributed by atoms with Crippen LogP contribution in [0.3, 0.4) is 0 Å². The van der Waals surface area contributed by atoms with Gasteiger partial charge in [-0.25, -0.2) is 0 Å². The van der Waals surface area contributed by atoms with E-state index in [1.54, 1.807) is 12.1 Å². The van der Waals surface area contributed by atoms with Gasteiger partial charge in [0, 0.05) is 12.6 Å². The van der Waals surface area contributed by atoms with Crippen molar-refractivity contribution in [3.05, 3.63) is 28.2 Å². The summed E-state index contributed by atoms with van der Waals surface area (Å²) in [6, 6.07) is 5.35. The van der Waals surface area contributed by atoms with E-state index in [9.17, 15) is 0 Å². The van der Waals surface area contributed by atoms with Crippen LogP contribution >= 0.6 is 23.2 Å². The monoisotopic (exact) mass is 275 g/mol. The number of halogens is 2. The van der Waals surface area contributed by atoms with E-state index in [0.29, 0.717) is 10.0 Å². The van der Waals surface area contributed by atoms with Crippen LogP contribution in [0.25, 0.3) is 0 Å². The number of benzene rings is 1. The maximum atomic E-state index is 5.93. The van der Waals surface area contributed by atoms with Gasteiger partial charge in [0.2, 0.25) is 0 Å². The summed E-state index contributed by atoms with van der Waals surface area (Å²) in [5, 5.41) is 1.08. The highest BCUT2D eigenvalue weighted by atomic mass is 35.5. The summed E-state index contributed by atoms with van der Waals surface area (Å²) in [7, 11) is 2.10. The van der Waals surface area contributed by atoms with Crippen molar-refractivity contribution in [3.63, 3.8) is 0 Å². The molecular formula is C13H19Cl2NO. The Morgan fingerprint density at radius 2 is 2.00 bits per heavy atom. The molecule has 0 amide bonds. The molecular weight excluding hydrogens is 257 g/mol. The molecule has 1 aromatic rings. The first-order valence-corrected chi connectivity index (χ1v) is 6.58. The molecule has 0 spiro atoms. The maximum Gasteiger partial charge on any atom is 0.121 e. The second-order valence-electron chi connectivity index (χ2n) is 4.19. The third kappa shape index (κ3) is 5.15. The summed E-state index contributed by atoms with van der Waals surface area (Å²) >= 11 is 11.8. The van der Waals surface area contributed by atoms with Crippen LogP contribution in [0, 0.1) is 0 Å². The summed E-state index contributed by atoms with van der Waals surface area (Å²) in [6.07, 6.45) is 1.16. The third-order valence-corrected chi connectivity index (χ3v) is 3.42. The number of nitrogens with zero attached hydrogens (tertiary/aromatic N) is 1. The Balaban J connectivity index is 2.44. The van der Waals surface area contributed by atoms with Crippen molar-refractivity contribution < 1.29 is 4.74 Å². The zero-order chi connectivity index (χ0) is 12.8. The largest absolute Gasteiger partial charge is 0.491 e. The molecule has 0 bridgehead atoms. The normalized spacial score (nSPS) is 12.8. The van der Waals surface area contributed by atoms with Gasteiger partial charge < -0.3 is 9.64 Å². The number of hydrogen-bond acceptors (Lipinski definition) is 2. The molecule has 0 radical (unpaired) electrons. The Morgan fingerprint density at radius 1 is 1.29 bits per heavy atom. The molecule has 1 unspecified atom stereocenters. The number of rotatable bonds is 6. The second kappa shape index (κ2) is 7.10. The van der Waals surface area contributed by atoms with Crippen LogP contribution in [-0.4, -0.2) is 31.1 Å². The van der Waals surface area contributed by atoms with Gasteiger partial charge >= 0.3 is 0 Å². The lowest BCUT2D eigenvalue weighted by Gasteiger charge is -2.19. The van der Waals surface area contributed by atoms with Crippen molar-refractivity contribution in [2.75, 3.05) is 20.1 Å². The first-order chi connectivity index (χ1) is 8.02. The summed E-state index contributed by atoms with van der Waals surface area (Å²) in [4.78, 5) is 2.26. The Morgan fingerprint density at radius 3 is 2.59 bits per heavy atom. The lowest BCUT2D eigenvalue weighted by atomic mass is 10.2. The van der Waals surface area contributed by atoms with Crippen molar-refractivity contribution in [1.29, 1.82) is 0 Å². The minimum absolute atomic E-state index is 0.168. The average molecular weight is 276 g/mol. The van der Waals surface area contributed by atoms with E-state index in [4.69, 9.17) is 27.9 Å². The van der Waals surface area contributed by atoms with Crippen LogP contribution in [0.15, 0.2) is 18.2 Å². The third-order valence-electron chi connectivity index (χ3n) is 2.69. The van der Waals surface area contributed by atoms with Crippen LogP contribution < -0.4 is 4.74 Å². The molecule has 0 heterocycles. The van der Waals surface area contributed by atoms with Crippen LogP contribution in [0.4, 0.5) is 0 Å². The summed E-state index contributed by atoms with van der Waals surface area (Å²) in [5.74, 6) is 0.769. The van der Waals surface area contributed by atoms with Gasteiger partial charge in [0.25, 0.3) is 0 Å². The maximum absolute atomic E-state index is 5.93. The van der Waals surface area contributed by atoms with Gasteiger partial charge in [-0.1, -0.05) is 30.1 Å². The van der Waals surface area contributed by atoms with Gasteiger partial charge in [-0.2, -0.15) is 0 Å². The zero-order valence-corrected chi connectivity index (χ0v) is 12.1. The van der Waals surface area contributed by atoms with E-state index in [0.717, 1.165) is 25.3 Å². The standard InChI is InChI=1S/C13H19Cl2NO/c1-4-16(3)8-7-10(2)17-11-5-6-12(14)13(15)9-11/h5-6,9-10H,4,7-8H2,1-3H3. The molecule has 0 aliphatic rings. The van der Waals surface area contributed by atoms with Crippen molar-refractivity contribution in [1.82, 2.24) is 4.90 Å². The van der Waals surface area contributed by atoms with E-state index in [1.807, 2.05) is 6.07 Å². The Labute approximate surface area is 113 Å². The van der Waals surface area contributed by atoms with Crippen LogP contribution in [0.2, 0.25) is 10.0 Å². The first kappa shape index (κ1) is 14.6. The fourth-order valence-corrected chi connectivity index (χ4v) is 1.69. The minimum Gasteiger partial charge on any atom is -0.491 e. The lowest BCUT2D eigenvalue weighted by Crippen LogP contribution is -2.24. The topological polar surface area (TPSA) is 12.5 Å². The molecule has 17 heavy (non-hydrogen) atoms. The number of hydrogen-bond donors (Lipinski definition) is 0. The highest BCUT2D eigenvalue weighted by Crippen LogP contribution is 2.27. The number of ether oxygens (including phenoxy) is 1. The van der Waals surface area contributed by atoms with Crippen molar-refractivity contribution in [2.45, 2.75) is 26.4 Å². The molecule has 0 saturated carbocycles. The molecule has 0 saturated heterocycles. The highest BCUT2D eigenvalue weighted by molar-refractivity contribution is 6.42. The van der Waals surface area contributed by atoms with E-state index in [2.05, 4.69) is 25.8 Å². The zero-order valence-electron chi connectivity index (χ0n) is 10.5. The molecule has 1 rings (SSSR count). The Bertz CT molecular complexity index is 357. The Hall–Kier alpha value is -0.440. The van der Waals surface area contributed by atoms with Gasteiger partial charge in [0.05, 0.1) is 16.1 Å². The first-order valence-electron chi connectivity index (χ1n) is 5.83. The van der Waals surface area contributed by atoms with Crippen LogP contribution in [0.5, 0.6) is 5.75 Å². The van der Waals surface area contributed by atoms with E-state index < -0.39 is 0 Å². The molecule has 1 aromatic carbocycles. The molecule has 2 nitrogen and oxygen atoms in total. The van der Waals surface area contributed by atoms with Crippen molar-refractivity contribution in [2.24, 2.45) is 0 Å². The highest BCUT2D eigenvalue weighted by Gasteiger charge is 2.07. The molecule has 0 aliphatic heterocycles. The van der Waals surface area contributed by atoms with Crippen molar-refractivity contribution >= 4 is 23.2 Å². The summed E-state index contributed by atoms with van der Waals surface area (Å²) in [5.41, 5.74) is 0. The van der Waals surface area contributed by atoms with E-state index in [1.165, 1.54) is 0 Å². The molecule has 0 fully saturated rings. The Kier molecular flexibility index (Phi) is 6.10. The summed E-state index contributed by atoms with van der Waals surface area (Å²) in [6.45, 7) is 6.29. The van der Waals surface area contributed by atoms with E-state index >= 15 is 0 Å². The predicted octanol–water partition coefficient (Wildman–Crippen LogP) is 4.10. The summed E-state index contributed by atoms with van der Waals surface area (Å²) < 4.78 is 5.78. The second-order valence-corrected chi connectivity index (χ2v) is 5.00. The lowest BCUT2D eigenvalue weighted by molar-refractivity contribution is 0.189. The van der Waals surface area contributed by atoms with Crippen LogP contribution in [-0.2, 0) is 0 Å². The van der Waals surface area contributed by atoms with Gasteiger partial charge in [-0.3, -0.25) is 0 Å². The quantitative estimate of drug-likeness (QED) is 0.775.